The number of piperidine rings is 1. The second kappa shape index (κ2) is 5.78. The number of nitrogens with one attached hydrogen (secondary N) is 1. The summed E-state index contributed by atoms with van der Waals surface area (Å²) < 4.78 is 3.25. The van der Waals surface area contributed by atoms with Crippen LogP contribution in [0.25, 0.3) is 11.2 Å². The van der Waals surface area contributed by atoms with E-state index in [1.807, 2.05) is 6.92 Å². The molecule has 22 heavy (non-hydrogen) atoms. The molecule has 1 atom stereocenters. The maximum Gasteiger partial charge on any atom is 0.330 e. The number of rotatable bonds is 2. The Bertz CT molecular complexity index is 749. The minimum Gasteiger partial charge on any atom is -0.338 e. The molecular formula is C14H20N6O2. The van der Waals surface area contributed by atoms with Gasteiger partial charge in [-0.1, -0.05) is 0 Å². The summed E-state index contributed by atoms with van der Waals surface area (Å²) in [6.45, 7) is 3.73. The van der Waals surface area contributed by atoms with Gasteiger partial charge in [-0.05, 0) is 19.8 Å². The van der Waals surface area contributed by atoms with Gasteiger partial charge in [-0.3, -0.25) is 9.13 Å². The number of carbonyl (C=O) groups excluding carboxylic acids is 1. The van der Waals surface area contributed by atoms with Crippen LogP contribution in [0.4, 0.5) is 4.79 Å². The van der Waals surface area contributed by atoms with Gasteiger partial charge in [0.1, 0.15) is 11.8 Å². The Morgan fingerprint density at radius 2 is 2.32 bits per heavy atom. The fraction of sp³-hybridized carbons (Fsp3) is 0.571. The van der Waals surface area contributed by atoms with Crippen molar-refractivity contribution in [3.8, 4) is 0 Å². The van der Waals surface area contributed by atoms with Gasteiger partial charge < -0.3 is 10.2 Å². The maximum absolute atomic E-state index is 12.5. The Labute approximate surface area is 127 Å². The monoisotopic (exact) mass is 304 g/mol. The van der Waals surface area contributed by atoms with Crippen molar-refractivity contribution in [1.29, 1.82) is 0 Å². The molecular weight excluding hydrogens is 284 g/mol. The molecule has 8 heteroatoms. The summed E-state index contributed by atoms with van der Waals surface area (Å²) in [4.78, 5) is 34.6. The molecule has 2 aromatic heterocycles. The van der Waals surface area contributed by atoms with Crippen molar-refractivity contribution in [3.63, 3.8) is 0 Å². The van der Waals surface area contributed by atoms with Crippen LogP contribution in [0.3, 0.4) is 0 Å². The van der Waals surface area contributed by atoms with Crippen LogP contribution in [0.5, 0.6) is 0 Å². The molecule has 3 heterocycles. The lowest BCUT2D eigenvalue weighted by atomic mass is 10.1. The van der Waals surface area contributed by atoms with E-state index < -0.39 is 0 Å². The van der Waals surface area contributed by atoms with Crippen LogP contribution in [-0.4, -0.2) is 49.7 Å². The van der Waals surface area contributed by atoms with Gasteiger partial charge in [-0.25, -0.2) is 19.6 Å². The summed E-state index contributed by atoms with van der Waals surface area (Å²) in [5.74, 6) is 0. The van der Waals surface area contributed by atoms with Crippen LogP contribution in [0, 0.1) is 0 Å². The van der Waals surface area contributed by atoms with E-state index in [0.29, 0.717) is 24.3 Å². The molecule has 0 spiro atoms. The molecule has 1 unspecified atom stereocenters. The zero-order chi connectivity index (χ0) is 15.7. The minimum atomic E-state index is -0.113. The standard InChI is InChI=1S/C14H20N6O2/c1-3-16-13(21)19-6-4-5-10(8-19)20-12-11(7-15-9-17-12)18(2)14(20)22/h7,9-10H,3-6,8H2,1-2H3,(H,16,21). The molecule has 8 nitrogen and oxygen atoms in total. The third-order valence-electron chi connectivity index (χ3n) is 4.13. The molecule has 2 amide bonds. The summed E-state index contributed by atoms with van der Waals surface area (Å²) in [5, 5.41) is 2.81. The number of nitrogens with zero attached hydrogens (tertiary/aromatic N) is 5. The fourth-order valence-corrected chi connectivity index (χ4v) is 3.04. The number of imidazole rings is 1. The van der Waals surface area contributed by atoms with Gasteiger partial charge in [-0.15, -0.1) is 0 Å². The van der Waals surface area contributed by atoms with Gasteiger partial charge in [0.05, 0.1) is 12.2 Å². The average Bonchev–Trinajstić information content (AvgIpc) is 2.80. The molecule has 118 valence electrons. The van der Waals surface area contributed by atoms with Crippen molar-refractivity contribution in [1.82, 2.24) is 29.3 Å². The second-order valence-corrected chi connectivity index (χ2v) is 5.52. The first kappa shape index (κ1) is 14.6. The van der Waals surface area contributed by atoms with Gasteiger partial charge in [0.25, 0.3) is 0 Å². The van der Waals surface area contributed by atoms with Gasteiger partial charge >= 0.3 is 11.7 Å². The minimum absolute atomic E-state index is 0.0533. The summed E-state index contributed by atoms with van der Waals surface area (Å²) >= 11 is 0. The SMILES string of the molecule is CCNC(=O)N1CCCC(n2c(=O)n(C)c3cncnc32)C1. The molecule has 0 bridgehead atoms. The van der Waals surface area contributed by atoms with E-state index in [1.165, 1.54) is 6.33 Å². The van der Waals surface area contributed by atoms with Gasteiger partial charge in [0.2, 0.25) is 0 Å². The molecule has 1 aliphatic heterocycles. The average molecular weight is 304 g/mol. The summed E-state index contributed by atoms with van der Waals surface area (Å²) in [7, 11) is 1.72. The van der Waals surface area contributed by atoms with E-state index in [9.17, 15) is 9.59 Å². The van der Waals surface area contributed by atoms with E-state index in [-0.39, 0.29) is 17.8 Å². The van der Waals surface area contributed by atoms with Gasteiger partial charge in [0.15, 0.2) is 5.65 Å². The number of likely N-dealkylation sites (tertiary alicyclic amines) is 1. The molecule has 0 aliphatic carbocycles. The molecule has 1 saturated heterocycles. The Hall–Kier alpha value is -2.38. The largest absolute Gasteiger partial charge is 0.338 e. The van der Waals surface area contributed by atoms with E-state index >= 15 is 0 Å². The lowest BCUT2D eigenvalue weighted by molar-refractivity contribution is 0.167. The van der Waals surface area contributed by atoms with Gasteiger partial charge in [0, 0.05) is 26.7 Å². The van der Waals surface area contributed by atoms with Crippen LogP contribution in [0.1, 0.15) is 25.8 Å². The van der Waals surface area contributed by atoms with Crippen molar-refractivity contribution >= 4 is 17.2 Å². The Balaban J connectivity index is 1.96. The Morgan fingerprint density at radius 3 is 3.09 bits per heavy atom. The first-order valence-electron chi connectivity index (χ1n) is 7.53. The number of fused-ring (bicyclic) bond motifs is 1. The smallest absolute Gasteiger partial charge is 0.330 e. The second-order valence-electron chi connectivity index (χ2n) is 5.52. The lowest BCUT2D eigenvalue weighted by Gasteiger charge is -2.33. The van der Waals surface area contributed by atoms with Crippen LogP contribution in [-0.2, 0) is 7.05 Å². The fourth-order valence-electron chi connectivity index (χ4n) is 3.04. The molecule has 3 rings (SSSR count). The number of amides is 2. The predicted octanol–water partition coefficient (Wildman–Crippen LogP) is 0.496. The highest BCUT2D eigenvalue weighted by Crippen LogP contribution is 2.23. The molecule has 0 radical (unpaired) electrons. The molecule has 0 saturated carbocycles. The molecule has 1 fully saturated rings. The quantitative estimate of drug-likeness (QED) is 0.875. The van der Waals surface area contributed by atoms with Crippen LogP contribution in [0.15, 0.2) is 17.3 Å². The third kappa shape index (κ3) is 2.34. The highest BCUT2D eigenvalue weighted by Gasteiger charge is 2.28. The highest BCUT2D eigenvalue weighted by molar-refractivity contribution is 5.74. The number of hydrogen-bond donors (Lipinski definition) is 1. The molecule has 2 aromatic rings. The lowest BCUT2D eigenvalue weighted by Crippen LogP contribution is -2.47. The van der Waals surface area contributed by atoms with Crippen molar-refractivity contribution < 1.29 is 4.79 Å². The third-order valence-corrected chi connectivity index (χ3v) is 4.13. The summed E-state index contributed by atoms with van der Waals surface area (Å²) in [6, 6.07) is -0.127. The van der Waals surface area contributed by atoms with Crippen LogP contribution >= 0.6 is 0 Å². The summed E-state index contributed by atoms with van der Waals surface area (Å²) in [6.07, 6.45) is 4.82. The highest BCUT2D eigenvalue weighted by atomic mass is 16.2. The number of hydrogen-bond acceptors (Lipinski definition) is 4. The van der Waals surface area contributed by atoms with E-state index in [2.05, 4.69) is 15.3 Å². The first-order chi connectivity index (χ1) is 10.6. The first-order valence-corrected chi connectivity index (χ1v) is 7.53. The normalized spacial score (nSPS) is 18.6. The van der Waals surface area contributed by atoms with Crippen molar-refractivity contribution in [3.05, 3.63) is 23.0 Å². The maximum atomic E-state index is 12.5. The molecule has 0 aromatic carbocycles. The van der Waals surface area contributed by atoms with E-state index in [1.54, 1.807) is 27.3 Å². The number of urea groups is 1. The zero-order valence-corrected chi connectivity index (χ0v) is 12.8. The van der Waals surface area contributed by atoms with Crippen molar-refractivity contribution in [2.45, 2.75) is 25.8 Å². The van der Waals surface area contributed by atoms with Crippen molar-refractivity contribution in [2.24, 2.45) is 7.05 Å². The summed E-state index contributed by atoms with van der Waals surface area (Å²) in [5.41, 5.74) is 1.23. The van der Waals surface area contributed by atoms with Gasteiger partial charge in [-0.2, -0.15) is 0 Å². The number of aryl methyl sites for hydroxylation is 1. The van der Waals surface area contributed by atoms with E-state index in [0.717, 1.165) is 19.4 Å². The molecule has 1 aliphatic rings. The Morgan fingerprint density at radius 1 is 1.50 bits per heavy atom. The number of carbonyl (C=O) groups is 1. The number of aromatic nitrogens is 4. The van der Waals surface area contributed by atoms with Crippen LogP contribution in [0.2, 0.25) is 0 Å². The Kier molecular flexibility index (Phi) is 3.82. The topological polar surface area (TPSA) is 85.0 Å². The molecule has 1 N–H and O–H groups in total. The predicted molar refractivity (Wildman–Crippen MR) is 81.7 cm³/mol. The van der Waals surface area contributed by atoms with Crippen LogP contribution < -0.4 is 11.0 Å². The zero-order valence-electron chi connectivity index (χ0n) is 12.8. The van der Waals surface area contributed by atoms with Crippen molar-refractivity contribution in [2.75, 3.05) is 19.6 Å². The van der Waals surface area contributed by atoms with E-state index in [4.69, 9.17) is 0 Å².